The lowest BCUT2D eigenvalue weighted by Gasteiger charge is -2.07. The zero-order valence-corrected chi connectivity index (χ0v) is 19.0. The fourth-order valence-corrected chi connectivity index (χ4v) is 3.61. The molecule has 0 unspecified atom stereocenters. The Morgan fingerprint density at radius 1 is 1.00 bits per heavy atom. The molecule has 0 radical (unpaired) electrons. The van der Waals surface area contributed by atoms with E-state index in [9.17, 15) is 4.39 Å². The number of hydrogen-bond acceptors (Lipinski definition) is 8. The van der Waals surface area contributed by atoms with Gasteiger partial charge in [-0.2, -0.15) is 0 Å². The van der Waals surface area contributed by atoms with E-state index in [1.165, 1.54) is 12.3 Å². The first-order chi connectivity index (χ1) is 17.1. The molecule has 0 aliphatic carbocycles. The predicted octanol–water partition coefficient (Wildman–Crippen LogP) is 3.87. The van der Waals surface area contributed by atoms with Crippen LogP contribution in [0.3, 0.4) is 0 Å². The first-order valence-electron chi connectivity index (χ1n) is 11.1. The van der Waals surface area contributed by atoms with Gasteiger partial charge in [0, 0.05) is 17.8 Å². The fourth-order valence-electron chi connectivity index (χ4n) is 3.61. The van der Waals surface area contributed by atoms with Crippen molar-refractivity contribution in [2.75, 3.05) is 18.5 Å². The van der Waals surface area contributed by atoms with Crippen molar-refractivity contribution in [3.05, 3.63) is 78.3 Å². The number of imidazole rings is 1. The van der Waals surface area contributed by atoms with Gasteiger partial charge in [-0.1, -0.05) is 12.1 Å². The first kappa shape index (κ1) is 22.4. The number of ether oxygens (including phenoxy) is 1. The Kier molecular flexibility index (Phi) is 6.27. The van der Waals surface area contributed by atoms with Crippen LogP contribution >= 0.6 is 0 Å². The van der Waals surface area contributed by atoms with Gasteiger partial charge in [0.2, 0.25) is 5.88 Å². The number of aromatic nitrogens is 6. The van der Waals surface area contributed by atoms with Gasteiger partial charge in [0.05, 0.1) is 47.1 Å². The number of fused-ring (bicyclic) bond motifs is 1. The van der Waals surface area contributed by atoms with Gasteiger partial charge < -0.3 is 20.8 Å². The normalized spacial score (nSPS) is 11.1. The third-order valence-electron chi connectivity index (χ3n) is 5.22. The number of halogens is 1. The minimum atomic E-state index is -0.389. The van der Waals surface area contributed by atoms with Gasteiger partial charge in [0.1, 0.15) is 24.1 Å². The Labute approximate surface area is 200 Å². The summed E-state index contributed by atoms with van der Waals surface area (Å²) in [5, 5.41) is 3.16. The van der Waals surface area contributed by atoms with E-state index >= 15 is 0 Å². The average molecular weight is 471 g/mol. The summed E-state index contributed by atoms with van der Waals surface area (Å²) in [7, 11) is 0. The van der Waals surface area contributed by atoms with Crippen molar-refractivity contribution in [2.45, 2.75) is 13.5 Å². The molecule has 0 amide bonds. The Balaban J connectivity index is 1.53. The maximum atomic E-state index is 13.2. The standard InChI is InChI=1S/C25H23FN8O/c1-15-3-2-4-19(31-15)25-24(33-22(34-25)13-30-21-8-6-17(26)12-29-21)16-5-7-18-20(11-16)32-23(14-28-18)35-10-9-27/h2-8,11-12,14H,9-10,13,27H2,1H3,(H,29,30)(H,33,34). The average Bonchev–Trinajstić information content (AvgIpc) is 3.31. The van der Waals surface area contributed by atoms with E-state index in [0.717, 1.165) is 33.9 Å². The van der Waals surface area contributed by atoms with E-state index in [0.29, 0.717) is 42.7 Å². The molecular formula is C25H23FN8O. The van der Waals surface area contributed by atoms with Crippen LogP contribution in [0, 0.1) is 12.7 Å². The van der Waals surface area contributed by atoms with Gasteiger partial charge in [0.15, 0.2) is 0 Å². The van der Waals surface area contributed by atoms with Crippen molar-refractivity contribution in [3.63, 3.8) is 0 Å². The number of H-pyrrole nitrogens is 1. The molecule has 10 heteroatoms. The van der Waals surface area contributed by atoms with Crippen molar-refractivity contribution in [3.8, 4) is 28.5 Å². The van der Waals surface area contributed by atoms with Gasteiger partial charge in [-0.05, 0) is 43.3 Å². The number of pyridine rings is 2. The molecule has 0 spiro atoms. The second-order valence-electron chi connectivity index (χ2n) is 7.84. The molecular weight excluding hydrogens is 447 g/mol. The van der Waals surface area contributed by atoms with E-state index in [-0.39, 0.29) is 5.82 Å². The number of nitrogens with two attached hydrogens (primary N) is 1. The SMILES string of the molecule is Cc1cccc(-c2[nH]c(CNc3ccc(F)cn3)nc2-c2ccc3ncc(OCCN)nc3c2)n1. The van der Waals surface area contributed by atoms with Crippen molar-refractivity contribution in [1.29, 1.82) is 0 Å². The second-order valence-corrected chi connectivity index (χ2v) is 7.84. The quantitative estimate of drug-likeness (QED) is 0.312. The highest BCUT2D eigenvalue weighted by atomic mass is 19.1. The molecule has 0 atom stereocenters. The van der Waals surface area contributed by atoms with Crippen LogP contribution in [0.1, 0.15) is 11.5 Å². The van der Waals surface area contributed by atoms with Crippen LogP contribution in [-0.2, 0) is 6.54 Å². The molecule has 0 aliphatic heterocycles. The van der Waals surface area contributed by atoms with Gasteiger partial charge in [-0.25, -0.2) is 24.3 Å². The van der Waals surface area contributed by atoms with Crippen LogP contribution in [0.15, 0.2) is 60.9 Å². The lowest BCUT2D eigenvalue weighted by molar-refractivity contribution is 0.315. The Hall–Kier alpha value is -4.44. The number of rotatable bonds is 8. The fraction of sp³-hybridized carbons (Fsp3) is 0.160. The summed E-state index contributed by atoms with van der Waals surface area (Å²) in [6.07, 6.45) is 2.75. The van der Waals surface area contributed by atoms with Gasteiger partial charge in [0.25, 0.3) is 0 Å². The minimum absolute atomic E-state index is 0.363. The molecule has 1 aromatic carbocycles. The zero-order valence-electron chi connectivity index (χ0n) is 19.0. The van der Waals surface area contributed by atoms with Crippen LogP contribution in [0.5, 0.6) is 5.88 Å². The molecule has 4 heterocycles. The van der Waals surface area contributed by atoms with Crippen LogP contribution in [0.2, 0.25) is 0 Å². The zero-order chi connectivity index (χ0) is 24.2. The van der Waals surface area contributed by atoms with Crippen molar-refractivity contribution in [1.82, 2.24) is 29.9 Å². The minimum Gasteiger partial charge on any atom is -0.475 e. The molecule has 5 rings (SSSR count). The number of nitrogens with one attached hydrogen (secondary N) is 2. The molecule has 0 aliphatic rings. The molecule has 0 fully saturated rings. The maximum Gasteiger partial charge on any atom is 0.232 e. The Morgan fingerprint density at radius 3 is 2.71 bits per heavy atom. The molecule has 0 saturated carbocycles. The van der Waals surface area contributed by atoms with Crippen LogP contribution in [-0.4, -0.2) is 43.1 Å². The summed E-state index contributed by atoms with van der Waals surface area (Å²) in [4.78, 5) is 25.9. The van der Waals surface area contributed by atoms with Gasteiger partial charge in [-0.15, -0.1) is 0 Å². The molecule has 4 N–H and O–H groups in total. The highest BCUT2D eigenvalue weighted by Gasteiger charge is 2.17. The van der Waals surface area contributed by atoms with Crippen LogP contribution in [0.25, 0.3) is 33.7 Å². The number of anilines is 1. The largest absolute Gasteiger partial charge is 0.475 e. The number of aryl methyl sites for hydroxylation is 1. The summed E-state index contributed by atoms with van der Waals surface area (Å²) < 4.78 is 18.7. The molecule has 0 saturated heterocycles. The maximum absolute atomic E-state index is 13.2. The topological polar surface area (TPSA) is 128 Å². The van der Waals surface area contributed by atoms with Crippen LogP contribution in [0.4, 0.5) is 10.2 Å². The monoisotopic (exact) mass is 470 g/mol. The lowest BCUT2D eigenvalue weighted by Crippen LogP contribution is -2.11. The smallest absolute Gasteiger partial charge is 0.232 e. The van der Waals surface area contributed by atoms with Crippen molar-refractivity contribution >= 4 is 16.9 Å². The molecule has 176 valence electrons. The summed E-state index contributed by atoms with van der Waals surface area (Å²) in [6, 6.07) is 14.5. The van der Waals surface area contributed by atoms with Gasteiger partial charge >= 0.3 is 0 Å². The lowest BCUT2D eigenvalue weighted by atomic mass is 10.1. The van der Waals surface area contributed by atoms with E-state index in [2.05, 4.69) is 30.2 Å². The van der Waals surface area contributed by atoms with E-state index in [1.54, 1.807) is 12.3 Å². The Bertz CT molecular complexity index is 1470. The highest BCUT2D eigenvalue weighted by Crippen LogP contribution is 2.31. The predicted molar refractivity (Wildman–Crippen MR) is 131 cm³/mol. The summed E-state index contributed by atoms with van der Waals surface area (Å²) in [5.74, 6) is 1.25. The number of nitrogens with zero attached hydrogens (tertiary/aromatic N) is 5. The van der Waals surface area contributed by atoms with Crippen molar-refractivity contribution < 1.29 is 9.13 Å². The van der Waals surface area contributed by atoms with Crippen molar-refractivity contribution in [2.24, 2.45) is 5.73 Å². The second kappa shape index (κ2) is 9.82. The van der Waals surface area contributed by atoms with E-state index in [4.69, 9.17) is 15.5 Å². The highest BCUT2D eigenvalue weighted by molar-refractivity contribution is 5.85. The number of hydrogen-bond donors (Lipinski definition) is 3. The number of aromatic amines is 1. The molecule has 9 nitrogen and oxygen atoms in total. The molecule has 0 bridgehead atoms. The van der Waals surface area contributed by atoms with Crippen LogP contribution < -0.4 is 15.8 Å². The summed E-state index contributed by atoms with van der Waals surface area (Å²) in [5.41, 5.74) is 11.0. The van der Waals surface area contributed by atoms with Gasteiger partial charge in [-0.3, -0.25) is 4.98 Å². The summed E-state index contributed by atoms with van der Waals surface area (Å²) >= 11 is 0. The third-order valence-corrected chi connectivity index (χ3v) is 5.22. The molecule has 35 heavy (non-hydrogen) atoms. The van der Waals surface area contributed by atoms with E-state index in [1.807, 2.05) is 43.3 Å². The summed E-state index contributed by atoms with van der Waals surface area (Å²) in [6.45, 7) is 3.06. The first-order valence-corrected chi connectivity index (χ1v) is 11.1. The van der Waals surface area contributed by atoms with E-state index < -0.39 is 0 Å². The number of benzene rings is 1. The Morgan fingerprint density at radius 2 is 1.91 bits per heavy atom. The third kappa shape index (κ3) is 5.07. The molecule has 5 aromatic rings. The molecule has 4 aromatic heterocycles.